The topological polar surface area (TPSA) is 92.3 Å². The Morgan fingerprint density at radius 2 is 1.98 bits per heavy atom. The standard InChI is InChI=1S/C29H28ClF4N7/c1-16-19(5-6-24(31)38-16)20(23-14-41(40-39-23)28(7-8-28)29(32,33)34)9-17-10-21-25(37-15-27(2,3)4)18(12-35)13-36-26(21)22(30)11-17/h5-6,10-11,13-14,20H,7-9,15H2,1-4H3,(H,36,37)/t20-/m0/s1/i14D. The zero-order valence-electron chi connectivity index (χ0n) is 23.9. The largest absolute Gasteiger partial charge is 0.413 e. The van der Waals surface area contributed by atoms with Crippen LogP contribution in [0.1, 0.15) is 69.0 Å². The highest BCUT2D eigenvalue weighted by atomic mass is 35.5. The molecule has 0 radical (unpaired) electrons. The monoisotopic (exact) mass is 586 g/mol. The molecule has 1 saturated carbocycles. The number of nitriles is 1. The summed E-state index contributed by atoms with van der Waals surface area (Å²) >= 11 is 6.67. The van der Waals surface area contributed by atoms with E-state index >= 15 is 0 Å². The molecule has 0 bridgehead atoms. The summed E-state index contributed by atoms with van der Waals surface area (Å²) in [6.07, 6.45) is -3.86. The third-order valence-corrected chi connectivity index (χ3v) is 7.55. The van der Waals surface area contributed by atoms with E-state index in [-0.39, 0.29) is 30.4 Å². The molecule has 0 amide bonds. The van der Waals surface area contributed by atoms with Crippen molar-refractivity contribution >= 4 is 28.2 Å². The zero-order chi connectivity index (χ0) is 30.6. The third kappa shape index (κ3) is 5.58. The van der Waals surface area contributed by atoms with Gasteiger partial charge in [-0.1, -0.05) is 43.7 Å². The molecule has 1 aliphatic carbocycles. The number of anilines is 1. The summed E-state index contributed by atoms with van der Waals surface area (Å²) in [5, 5.41) is 21.9. The molecule has 4 aromatic rings. The fraction of sp³-hybridized carbons (Fsp3) is 0.414. The maximum absolute atomic E-state index is 14.0. The summed E-state index contributed by atoms with van der Waals surface area (Å²) in [5.41, 5.74) is 0.441. The van der Waals surface area contributed by atoms with Crippen LogP contribution < -0.4 is 5.32 Å². The molecule has 1 atom stereocenters. The average Bonchev–Trinajstić information content (AvgIpc) is 3.62. The fourth-order valence-corrected chi connectivity index (χ4v) is 5.17. The highest BCUT2D eigenvalue weighted by Gasteiger charge is 2.66. The molecule has 1 aliphatic rings. The number of aromatic nitrogens is 5. The molecule has 0 aliphatic heterocycles. The number of rotatable bonds is 7. The molecule has 41 heavy (non-hydrogen) atoms. The van der Waals surface area contributed by atoms with Crippen molar-refractivity contribution in [3.05, 3.63) is 75.7 Å². The molecule has 1 fully saturated rings. The van der Waals surface area contributed by atoms with Crippen molar-refractivity contribution < 1.29 is 18.9 Å². The number of nitrogens with zero attached hydrogens (tertiary/aromatic N) is 6. The van der Waals surface area contributed by atoms with Gasteiger partial charge in [0.25, 0.3) is 0 Å². The Morgan fingerprint density at radius 1 is 1.24 bits per heavy atom. The third-order valence-electron chi connectivity index (χ3n) is 7.26. The highest BCUT2D eigenvalue weighted by molar-refractivity contribution is 6.35. The summed E-state index contributed by atoms with van der Waals surface area (Å²) in [7, 11) is 0. The predicted molar refractivity (Wildman–Crippen MR) is 147 cm³/mol. The smallest absolute Gasteiger partial charge is 0.383 e. The first-order valence-corrected chi connectivity index (χ1v) is 13.4. The van der Waals surface area contributed by atoms with Gasteiger partial charge in [0.2, 0.25) is 5.95 Å². The molecule has 12 heteroatoms. The fourth-order valence-electron chi connectivity index (χ4n) is 4.88. The van der Waals surface area contributed by atoms with Gasteiger partial charge in [-0.25, -0.2) is 9.67 Å². The maximum Gasteiger partial charge on any atom is 0.413 e. The van der Waals surface area contributed by atoms with Crippen LogP contribution in [0.5, 0.6) is 0 Å². The lowest BCUT2D eigenvalue weighted by Crippen LogP contribution is -2.35. The molecule has 1 aromatic carbocycles. The first-order valence-electron chi connectivity index (χ1n) is 13.5. The number of halogens is 5. The normalized spacial score (nSPS) is 15.9. The Labute approximate surface area is 241 Å². The number of aryl methyl sites for hydroxylation is 1. The maximum atomic E-state index is 14.0. The van der Waals surface area contributed by atoms with Gasteiger partial charge in [0, 0.05) is 29.7 Å². The Kier molecular flexibility index (Phi) is 6.85. The molecule has 5 rings (SSSR count). The van der Waals surface area contributed by atoms with E-state index in [4.69, 9.17) is 13.0 Å². The summed E-state index contributed by atoms with van der Waals surface area (Å²) in [6, 6.07) is 8.31. The number of fused-ring (bicyclic) bond motifs is 1. The van der Waals surface area contributed by atoms with Crippen LogP contribution in [0.15, 0.2) is 36.6 Å². The zero-order valence-corrected chi connectivity index (χ0v) is 23.6. The van der Waals surface area contributed by atoms with Gasteiger partial charge in [0.1, 0.15) is 6.07 Å². The summed E-state index contributed by atoms with van der Waals surface area (Å²) < 4.78 is 65.0. The minimum absolute atomic E-state index is 0.00762. The van der Waals surface area contributed by atoms with E-state index < -0.39 is 29.8 Å². The van der Waals surface area contributed by atoms with Crippen LogP contribution in [-0.2, 0) is 12.0 Å². The molecule has 0 spiro atoms. The molecular formula is C29H28ClF4N7. The van der Waals surface area contributed by atoms with Crippen LogP contribution in [0.4, 0.5) is 23.2 Å². The van der Waals surface area contributed by atoms with Crippen molar-refractivity contribution in [3.8, 4) is 6.07 Å². The number of alkyl halides is 3. The Balaban J connectivity index is 1.64. The van der Waals surface area contributed by atoms with Crippen LogP contribution in [0, 0.1) is 29.6 Å². The van der Waals surface area contributed by atoms with Crippen molar-refractivity contribution in [2.75, 3.05) is 11.9 Å². The molecular weight excluding hydrogens is 558 g/mol. The van der Waals surface area contributed by atoms with Crippen LogP contribution in [-0.4, -0.2) is 37.7 Å². The van der Waals surface area contributed by atoms with Gasteiger partial charge < -0.3 is 5.32 Å². The van der Waals surface area contributed by atoms with Crippen molar-refractivity contribution in [1.82, 2.24) is 25.0 Å². The van der Waals surface area contributed by atoms with Gasteiger partial charge in [0.05, 0.1) is 35.0 Å². The lowest BCUT2D eigenvalue weighted by Gasteiger charge is -2.22. The lowest BCUT2D eigenvalue weighted by molar-refractivity contribution is -0.182. The Bertz CT molecular complexity index is 1720. The number of pyridine rings is 2. The highest BCUT2D eigenvalue weighted by Crippen LogP contribution is 2.55. The van der Waals surface area contributed by atoms with Crippen LogP contribution in [0.3, 0.4) is 0 Å². The van der Waals surface area contributed by atoms with Crippen molar-refractivity contribution in [1.29, 1.82) is 5.26 Å². The lowest BCUT2D eigenvalue weighted by atomic mass is 9.88. The minimum atomic E-state index is -4.59. The molecule has 214 valence electrons. The van der Waals surface area contributed by atoms with Crippen molar-refractivity contribution in [3.63, 3.8) is 0 Å². The van der Waals surface area contributed by atoms with Crippen LogP contribution in [0.2, 0.25) is 5.02 Å². The van der Waals surface area contributed by atoms with Gasteiger partial charge in [-0.2, -0.15) is 22.8 Å². The van der Waals surface area contributed by atoms with E-state index in [0.29, 0.717) is 55.2 Å². The average molecular weight is 587 g/mol. The number of benzene rings is 1. The second kappa shape index (κ2) is 10.2. The SMILES string of the molecule is [2H]c1c([C@@H](Cc2cc(Cl)c3ncc(C#N)c(NCC(C)(C)C)c3c2)c2ccc(F)nc2C)nnn1C1(C(F)(F)F)CC1. The van der Waals surface area contributed by atoms with E-state index in [9.17, 15) is 22.8 Å². The molecule has 3 heterocycles. The van der Waals surface area contributed by atoms with Crippen molar-refractivity contribution in [2.45, 2.75) is 64.6 Å². The van der Waals surface area contributed by atoms with Gasteiger partial charge in [0.15, 0.2) is 5.54 Å². The van der Waals surface area contributed by atoms with Gasteiger partial charge in [-0.3, -0.25) is 4.98 Å². The molecule has 3 aromatic heterocycles. The van der Waals surface area contributed by atoms with Crippen molar-refractivity contribution in [2.24, 2.45) is 5.41 Å². The van der Waals surface area contributed by atoms with Gasteiger partial charge in [-0.15, -0.1) is 5.10 Å². The first kappa shape index (κ1) is 27.4. The summed E-state index contributed by atoms with van der Waals surface area (Å²) in [5.74, 6) is -1.51. The van der Waals surface area contributed by atoms with E-state index in [2.05, 4.69) is 31.7 Å². The molecule has 0 unspecified atom stereocenters. The first-order chi connectivity index (χ1) is 19.6. The van der Waals surface area contributed by atoms with Gasteiger partial charge >= 0.3 is 6.18 Å². The Morgan fingerprint density at radius 3 is 2.59 bits per heavy atom. The molecule has 7 nitrogen and oxygen atoms in total. The predicted octanol–water partition coefficient (Wildman–Crippen LogP) is 7.08. The van der Waals surface area contributed by atoms with E-state index in [1.54, 1.807) is 13.0 Å². The molecule has 1 N–H and O–H groups in total. The Hall–Kier alpha value is -3.78. The summed E-state index contributed by atoms with van der Waals surface area (Å²) in [4.78, 5) is 8.29. The van der Waals surface area contributed by atoms with E-state index in [1.165, 1.54) is 12.3 Å². The van der Waals surface area contributed by atoms with Crippen LogP contribution in [0.25, 0.3) is 10.9 Å². The quantitative estimate of drug-likeness (QED) is 0.184. The van der Waals surface area contributed by atoms with E-state index in [0.717, 1.165) is 6.07 Å². The number of nitrogens with one attached hydrogen (secondary N) is 1. The van der Waals surface area contributed by atoms with Gasteiger partial charge in [-0.05, 0) is 60.9 Å². The summed E-state index contributed by atoms with van der Waals surface area (Å²) in [6.45, 7) is 8.29. The second-order valence-electron chi connectivity index (χ2n) is 11.6. The number of hydrogen-bond acceptors (Lipinski definition) is 6. The minimum Gasteiger partial charge on any atom is -0.383 e. The molecule has 0 saturated heterocycles. The van der Waals surface area contributed by atoms with E-state index in [1.807, 2.05) is 26.8 Å². The van der Waals surface area contributed by atoms with Crippen LogP contribution >= 0.6 is 11.6 Å². The number of hydrogen-bond donors (Lipinski definition) is 1. The second-order valence-corrected chi connectivity index (χ2v) is 12.0.